The third-order valence-electron chi connectivity index (χ3n) is 4.76. The van der Waals surface area contributed by atoms with Crippen LogP contribution in [0.5, 0.6) is 11.5 Å². The van der Waals surface area contributed by atoms with E-state index in [1.807, 2.05) is 63.2 Å². The van der Waals surface area contributed by atoms with Crippen LogP contribution in [-0.4, -0.2) is 40.3 Å². The summed E-state index contributed by atoms with van der Waals surface area (Å²) in [7, 11) is 0. The number of amides is 1. The van der Waals surface area contributed by atoms with Crippen molar-refractivity contribution in [2.45, 2.75) is 46.2 Å². The molecule has 0 radical (unpaired) electrons. The van der Waals surface area contributed by atoms with Crippen molar-refractivity contribution in [2.75, 3.05) is 13.2 Å². The van der Waals surface area contributed by atoms with Crippen LogP contribution in [0, 0.1) is 0 Å². The Morgan fingerprint density at radius 2 is 1.75 bits per heavy atom. The van der Waals surface area contributed by atoms with Crippen molar-refractivity contribution in [2.24, 2.45) is 0 Å². The van der Waals surface area contributed by atoms with Crippen molar-refractivity contribution in [3.05, 3.63) is 59.4 Å². The van der Waals surface area contributed by atoms with E-state index in [4.69, 9.17) is 25.5 Å². The third kappa shape index (κ3) is 6.23. The minimum atomic E-state index is -0.0160. The second-order valence-electron chi connectivity index (χ2n) is 7.43. The number of hydrogen-bond acceptors (Lipinski definition) is 6. The Balaban J connectivity index is 1.55. The van der Waals surface area contributed by atoms with Gasteiger partial charge >= 0.3 is 0 Å². The summed E-state index contributed by atoms with van der Waals surface area (Å²) in [5.41, 5.74) is 0.667. The summed E-state index contributed by atoms with van der Waals surface area (Å²) < 4.78 is 17.1. The molecule has 7 nitrogen and oxygen atoms in total. The highest BCUT2D eigenvalue weighted by atomic mass is 35.5. The molecule has 0 aliphatic rings. The normalized spacial score (nSPS) is 10.9. The summed E-state index contributed by atoms with van der Waals surface area (Å²) in [4.78, 5) is 14.6. The molecule has 0 saturated heterocycles. The first-order chi connectivity index (χ1) is 15.5. The number of carbonyl (C=O) groups is 1. The van der Waals surface area contributed by atoms with E-state index in [1.165, 1.54) is 0 Å². The highest BCUT2D eigenvalue weighted by molar-refractivity contribution is 6.33. The molecule has 0 aliphatic carbocycles. The van der Waals surface area contributed by atoms with Gasteiger partial charge in [-0.1, -0.05) is 35.9 Å². The fourth-order valence-electron chi connectivity index (χ4n) is 3.16. The molecule has 0 fully saturated rings. The second kappa shape index (κ2) is 11.5. The van der Waals surface area contributed by atoms with E-state index in [0.29, 0.717) is 59.9 Å². The van der Waals surface area contributed by atoms with Crippen LogP contribution in [0.2, 0.25) is 5.02 Å². The molecule has 1 heterocycles. The molecule has 0 unspecified atom stereocenters. The highest BCUT2D eigenvalue weighted by Crippen LogP contribution is 2.27. The lowest BCUT2D eigenvalue weighted by molar-refractivity contribution is -0.134. The zero-order chi connectivity index (χ0) is 22.9. The number of rotatable bonds is 11. The number of para-hydroxylation sites is 2. The molecular formula is C24H28ClN3O4. The molecule has 1 aromatic heterocycles. The van der Waals surface area contributed by atoms with Crippen LogP contribution >= 0.6 is 11.6 Å². The van der Waals surface area contributed by atoms with Gasteiger partial charge in [0.2, 0.25) is 17.7 Å². The van der Waals surface area contributed by atoms with Crippen molar-refractivity contribution < 1.29 is 18.7 Å². The van der Waals surface area contributed by atoms with Gasteiger partial charge in [0.25, 0.3) is 0 Å². The number of ether oxygens (including phenoxy) is 2. The van der Waals surface area contributed by atoms with E-state index in [9.17, 15) is 4.79 Å². The van der Waals surface area contributed by atoms with Gasteiger partial charge in [-0.25, -0.2) is 0 Å². The molecule has 32 heavy (non-hydrogen) atoms. The summed E-state index contributed by atoms with van der Waals surface area (Å²) in [6, 6.07) is 14.8. The summed E-state index contributed by atoms with van der Waals surface area (Å²) >= 11 is 6.21. The lowest BCUT2D eigenvalue weighted by atomic mass is 10.2. The predicted molar refractivity (Wildman–Crippen MR) is 123 cm³/mol. The van der Waals surface area contributed by atoms with Crippen LogP contribution in [0.15, 0.2) is 52.9 Å². The van der Waals surface area contributed by atoms with Crippen molar-refractivity contribution >= 4 is 17.5 Å². The van der Waals surface area contributed by atoms with E-state index in [0.717, 1.165) is 0 Å². The van der Waals surface area contributed by atoms with Crippen LogP contribution < -0.4 is 9.47 Å². The number of aromatic nitrogens is 2. The Morgan fingerprint density at radius 3 is 2.44 bits per heavy atom. The first-order valence-electron chi connectivity index (χ1n) is 10.7. The second-order valence-corrected chi connectivity index (χ2v) is 7.84. The highest BCUT2D eigenvalue weighted by Gasteiger charge is 2.21. The van der Waals surface area contributed by atoms with Crippen LogP contribution in [0.1, 0.15) is 39.5 Å². The molecule has 0 saturated carbocycles. The zero-order valence-corrected chi connectivity index (χ0v) is 19.3. The van der Waals surface area contributed by atoms with Gasteiger partial charge in [0.1, 0.15) is 0 Å². The largest absolute Gasteiger partial charge is 0.490 e. The van der Waals surface area contributed by atoms with Crippen LogP contribution in [0.25, 0.3) is 11.5 Å². The quantitative estimate of drug-likeness (QED) is 0.359. The van der Waals surface area contributed by atoms with Gasteiger partial charge in [0.05, 0.1) is 30.3 Å². The Bertz CT molecular complexity index is 1020. The number of nitrogens with zero attached hydrogens (tertiary/aromatic N) is 3. The van der Waals surface area contributed by atoms with Gasteiger partial charge < -0.3 is 18.8 Å². The minimum Gasteiger partial charge on any atom is -0.490 e. The number of benzene rings is 2. The third-order valence-corrected chi connectivity index (χ3v) is 5.09. The first kappa shape index (κ1) is 23.6. The molecule has 1 amide bonds. The predicted octanol–water partition coefficient (Wildman–Crippen LogP) is 5.38. The van der Waals surface area contributed by atoms with Crippen LogP contribution in [0.3, 0.4) is 0 Å². The lowest BCUT2D eigenvalue weighted by Crippen LogP contribution is -2.36. The Kier molecular flexibility index (Phi) is 8.50. The average Bonchev–Trinajstić information content (AvgIpc) is 3.24. The maximum absolute atomic E-state index is 12.8. The van der Waals surface area contributed by atoms with Crippen LogP contribution in [-0.2, 0) is 11.3 Å². The fraction of sp³-hybridized carbons (Fsp3) is 0.375. The monoisotopic (exact) mass is 457 g/mol. The molecule has 2 aromatic carbocycles. The first-order valence-corrected chi connectivity index (χ1v) is 11.1. The van der Waals surface area contributed by atoms with E-state index >= 15 is 0 Å². The lowest BCUT2D eigenvalue weighted by Gasteiger charge is -2.25. The Morgan fingerprint density at radius 1 is 1.06 bits per heavy atom. The molecule has 0 spiro atoms. The van der Waals surface area contributed by atoms with Gasteiger partial charge in [-0.3, -0.25) is 4.79 Å². The van der Waals surface area contributed by atoms with E-state index in [-0.39, 0.29) is 18.5 Å². The Hall–Kier alpha value is -3.06. The number of hydrogen-bond donors (Lipinski definition) is 0. The zero-order valence-electron chi connectivity index (χ0n) is 18.6. The Labute approximate surface area is 193 Å². The molecule has 3 rings (SSSR count). The fourth-order valence-corrected chi connectivity index (χ4v) is 3.38. The summed E-state index contributed by atoms with van der Waals surface area (Å²) in [5, 5.41) is 8.71. The van der Waals surface area contributed by atoms with Crippen LogP contribution in [0.4, 0.5) is 0 Å². The maximum atomic E-state index is 12.8. The molecule has 0 N–H and O–H groups in total. The number of halogens is 1. The van der Waals surface area contributed by atoms with Gasteiger partial charge in [-0.05, 0) is 51.5 Å². The van der Waals surface area contributed by atoms with E-state index in [1.54, 1.807) is 11.0 Å². The SMILES string of the molecule is CCOc1ccccc1OCCCC(=O)N(Cc1nnc(-c2ccccc2Cl)o1)C(C)C. The van der Waals surface area contributed by atoms with Crippen molar-refractivity contribution in [3.63, 3.8) is 0 Å². The van der Waals surface area contributed by atoms with Gasteiger partial charge in [-0.2, -0.15) is 0 Å². The topological polar surface area (TPSA) is 77.7 Å². The van der Waals surface area contributed by atoms with Gasteiger partial charge in [-0.15, -0.1) is 10.2 Å². The summed E-state index contributed by atoms with van der Waals surface area (Å²) in [5.74, 6) is 2.09. The molecular weight excluding hydrogens is 430 g/mol. The van der Waals surface area contributed by atoms with E-state index in [2.05, 4.69) is 10.2 Å². The van der Waals surface area contributed by atoms with Gasteiger partial charge in [0, 0.05) is 12.5 Å². The summed E-state index contributed by atoms with van der Waals surface area (Å²) in [6.45, 7) is 7.06. The molecule has 0 aliphatic heterocycles. The molecule has 8 heteroatoms. The molecule has 0 bridgehead atoms. The smallest absolute Gasteiger partial charge is 0.249 e. The molecule has 0 atom stereocenters. The van der Waals surface area contributed by atoms with Crippen molar-refractivity contribution in [3.8, 4) is 23.0 Å². The van der Waals surface area contributed by atoms with Crippen molar-refractivity contribution in [1.29, 1.82) is 0 Å². The van der Waals surface area contributed by atoms with Gasteiger partial charge in [0.15, 0.2) is 11.5 Å². The summed E-state index contributed by atoms with van der Waals surface area (Å²) in [6.07, 6.45) is 0.928. The van der Waals surface area contributed by atoms with E-state index < -0.39 is 0 Å². The molecule has 170 valence electrons. The average molecular weight is 458 g/mol. The molecule has 3 aromatic rings. The maximum Gasteiger partial charge on any atom is 0.249 e. The van der Waals surface area contributed by atoms with Crippen molar-refractivity contribution in [1.82, 2.24) is 15.1 Å². The standard InChI is InChI=1S/C24H28ClN3O4/c1-4-30-20-12-7-8-13-21(20)31-15-9-14-23(29)28(17(2)3)16-22-26-27-24(32-22)18-10-5-6-11-19(18)25/h5-8,10-13,17H,4,9,14-16H2,1-3H3. The minimum absolute atomic E-state index is 0.000753. The number of carbonyl (C=O) groups excluding carboxylic acids is 1.